The molecule has 0 saturated heterocycles. The standard InChI is InChI=1S/C18H22N2OS/c1-13-5-3-4-6-15(13)11-19-18(21)12-20-9-7-17-16(14(20)2)8-10-22-17/h3-6,8,10,14H,7,9,11-12H2,1-2H3,(H,19,21)/t14-/m1/s1. The van der Waals surface area contributed by atoms with E-state index in [1.807, 2.05) is 23.5 Å². The zero-order valence-corrected chi connectivity index (χ0v) is 14.0. The lowest BCUT2D eigenvalue weighted by Gasteiger charge is -2.32. The lowest BCUT2D eigenvalue weighted by atomic mass is 10.0. The van der Waals surface area contributed by atoms with Crippen molar-refractivity contribution in [1.29, 1.82) is 0 Å². The first-order valence-electron chi connectivity index (χ1n) is 7.76. The average molecular weight is 314 g/mol. The van der Waals surface area contributed by atoms with Crippen molar-refractivity contribution in [2.24, 2.45) is 0 Å². The Morgan fingerprint density at radius 3 is 3.00 bits per heavy atom. The van der Waals surface area contributed by atoms with Crippen molar-refractivity contribution in [3.8, 4) is 0 Å². The number of carbonyl (C=O) groups is 1. The molecule has 0 bridgehead atoms. The summed E-state index contributed by atoms with van der Waals surface area (Å²) in [5, 5.41) is 5.20. The molecule has 4 heteroatoms. The topological polar surface area (TPSA) is 32.3 Å². The van der Waals surface area contributed by atoms with Gasteiger partial charge >= 0.3 is 0 Å². The van der Waals surface area contributed by atoms with Gasteiger partial charge in [0.2, 0.25) is 5.91 Å². The van der Waals surface area contributed by atoms with E-state index in [1.165, 1.54) is 21.6 Å². The molecular weight excluding hydrogens is 292 g/mol. The van der Waals surface area contributed by atoms with Crippen LogP contribution in [-0.2, 0) is 17.8 Å². The van der Waals surface area contributed by atoms with E-state index in [4.69, 9.17) is 0 Å². The number of rotatable bonds is 4. The quantitative estimate of drug-likeness (QED) is 0.939. The zero-order valence-electron chi connectivity index (χ0n) is 13.1. The van der Waals surface area contributed by atoms with Crippen LogP contribution in [0.5, 0.6) is 0 Å². The van der Waals surface area contributed by atoms with E-state index in [2.05, 4.69) is 47.6 Å². The number of aryl methyl sites for hydroxylation is 1. The molecule has 3 rings (SSSR count). The summed E-state index contributed by atoms with van der Waals surface area (Å²) < 4.78 is 0. The number of nitrogens with zero attached hydrogens (tertiary/aromatic N) is 1. The van der Waals surface area contributed by atoms with Gasteiger partial charge in [-0.3, -0.25) is 9.69 Å². The van der Waals surface area contributed by atoms with Gasteiger partial charge in [-0.2, -0.15) is 0 Å². The molecule has 1 aliphatic rings. The molecule has 1 atom stereocenters. The lowest BCUT2D eigenvalue weighted by Crippen LogP contribution is -2.41. The number of benzene rings is 1. The van der Waals surface area contributed by atoms with E-state index in [-0.39, 0.29) is 5.91 Å². The average Bonchev–Trinajstić information content (AvgIpc) is 2.99. The Kier molecular flexibility index (Phi) is 4.60. The van der Waals surface area contributed by atoms with Gasteiger partial charge < -0.3 is 5.32 Å². The molecule has 3 nitrogen and oxygen atoms in total. The Balaban J connectivity index is 1.55. The smallest absolute Gasteiger partial charge is 0.234 e. The molecule has 0 unspecified atom stereocenters. The predicted octanol–water partition coefficient (Wildman–Crippen LogP) is 3.29. The van der Waals surface area contributed by atoms with Gasteiger partial charge in [0.1, 0.15) is 0 Å². The molecule has 1 aromatic heterocycles. The largest absolute Gasteiger partial charge is 0.351 e. The van der Waals surface area contributed by atoms with Gasteiger partial charge in [0.15, 0.2) is 0 Å². The number of hydrogen-bond donors (Lipinski definition) is 1. The highest BCUT2D eigenvalue weighted by atomic mass is 32.1. The van der Waals surface area contributed by atoms with Gasteiger partial charge in [-0.15, -0.1) is 11.3 Å². The third-order valence-electron chi connectivity index (χ3n) is 4.49. The summed E-state index contributed by atoms with van der Waals surface area (Å²) in [5.41, 5.74) is 3.79. The molecule has 1 N–H and O–H groups in total. The summed E-state index contributed by atoms with van der Waals surface area (Å²) in [7, 11) is 0. The summed E-state index contributed by atoms with van der Waals surface area (Å²) in [4.78, 5) is 16.0. The highest BCUT2D eigenvalue weighted by molar-refractivity contribution is 7.10. The van der Waals surface area contributed by atoms with Crippen molar-refractivity contribution in [3.63, 3.8) is 0 Å². The molecule has 0 fully saturated rings. The fourth-order valence-electron chi connectivity index (χ4n) is 3.02. The third-order valence-corrected chi connectivity index (χ3v) is 5.48. The molecule has 1 aliphatic heterocycles. The maximum Gasteiger partial charge on any atom is 0.234 e. The normalized spacial score (nSPS) is 18.0. The first kappa shape index (κ1) is 15.3. The summed E-state index contributed by atoms with van der Waals surface area (Å²) in [6, 6.07) is 10.7. The molecule has 2 aromatic rings. The summed E-state index contributed by atoms with van der Waals surface area (Å²) in [6.45, 7) is 6.32. The fourth-order valence-corrected chi connectivity index (χ4v) is 3.98. The van der Waals surface area contributed by atoms with Crippen molar-refractivity contribution < 1.29 is 4.79 Å². The summed E-state index contributed by atoms with van der Waals surface area (Å²) >= 11 is 1.83. The zero-order chi connectivity index (χ0) is 15.5. The molecule has 1 aromatic carbocycles. The molecular formula is C18H22N2OS. The van der Waals surface area contributed by atoms with Crippen LogP contribution in [0.1, 0.15) is 34.5 Å². The van der Waals surface area contributed by atoms with Crippen LogP contribution in [-0.4, -0.2) is 23.9 Å². The highest BCUT2D eigenvalue weighted by Gasteiger charge is 2.25. The highest BCUT2D eigenvalue weighted by Crippen LogP contribution is 2.32. The van der Waals surface area contributed by atoms with E-state index in [1.54, 1.807) is 0 Å². The Labute approximate surface area is 136 Å². The maximum absolute atomic E-state index is 12.2. The van der Waals surface area contributed by atoms with Crippen LogP contribution in [0.2, 0.25) is 0 Å². The first-order valence-corrected chi connectivity index (χ1v) is 8.64. The molecule has 2 heterocycles. The number of hydrogen-bond acceptors (Lipinski definition) is 3. The number of amides is 1. The number of carbonyl (C=O) groups excluding carboxylic acids is 1. The van der Waals surface area contributed by atoms with Crippen molar-refractivity contribution >= 4 is 17.2 Å². The first-order chi connectivity index (χ1) is 10.6. The second-order valence-electron chi connectivity index (χ2n) is 5.90. The second-order valence-corrected chi connectivity index (χ2v) is 6.90. The van der Waals surface area contributed by atoms with Gasteiger partial charge in [-0.05, 0) is 48.4 Å². The Bertz CT molecular complexity index is 665. The number of thiophene rings is 1. The lowest BCUT2D eigenvalue weighted by molar-refractivity contribution is -0.123. The molecule has 22 heavy (non-hydrogen) atoms. The summed E-state index contributed by atoms with van der Waals surface area (Å²) in [6.07, 6.45) is 1.06. The van der Waals surface area contributed by atoms with Crippen molar-refractivity contribution in [2.45, 2.75) is 32.9 Å². The third kappa shape index (κ3) is 3.23. The van der Waals surface area contributed by atoms with E-state index in [0.29, 0.717) is 19.1 Å². The fraction of sp³-hybridized carbons (Fsp3) is 0.389. The van der Waals surface area contributed by atoms with Crippen molar-refractivity contribution in [1.82, 2.24) is 10.2 Å². The van der Waals surface area contributed by atoms with Crippen LogP contribution in [0.15, 0.2) is 35.7 Å². The van der Waals surface area contributed by atoms with E-state index in [9.17, 15) is 4.79 Å². The molecule has 0 radical (unpaired) electrons. The Morgan fingerprint density at radius 1 is 1.36 bits per heavy atom. The number of nitrogens with one attached hydrogen (secondary N) is 1. The molecule has 0 spiro atoms. The van der Waals surface area contributed by atoms with Gasteiger partial charge in [0.05, 0.1) is 6.54 Å². The molecule has 0 aliphatic carbocycles. The van der Waals surface area contributed by atoms with Gasteiger partial charge in [0.25, 0.3) is 0 Å². The van der Waals surface area contributed by atoms with Crippen LogP contribution in [0.4, 0.5) is 0 Å². The Hall–Kier alpha value is -1.65. The van der Waals surface area contributed by atoms with Crippen molar-refractivity contribution in [2.75, 3.05) is 13.1 Å². The molecule has 116 valence electrons. The van der Waals surface area contributed by atoms with E-state index >= 15 is 0 Å². The van der Waals surface area contributed by atoms with Gasteiger partial charge in [-0.1, -0.05) is 24.3 Å². The van der Waals surface area contributed by atoms with Crippen LogP contribution in [0, 0.1) is 6.92 Å². The maximum atomic E-state index is 12.2. The predicted molar refractivity (Wildman–Crippen MR) is 91.0 cm³/mol. The monoisotopic (exact) mass is 314 g/mol. The van der Waals surface area contributed by atoms with Gasteiger partial charge in [0, 0.05) is 24.0 Å². The summed E-state index contributed by atoms with van der Waals surface area (Å²) in [5.74, 6) is 0.105. The van der Waals surface area contributed by atoms with E-state index < -0.39 is 0 Å². The SMILES string of the molecule is Cc1ccccc1CNC(=O)CN1CCc2sccc2[C@H]1C. The minimum atomic E-state index is 0.105. The van der Waals surface area contributed by atoms with E-state index in [0.717, 1.165) is 13.0 Å². The second kappa shape index (κ2) is 6.63. The number of fused-ring (bicyclic) bond motifs is 1. The minimum absolute atomic E-state index is 0.105. The minimum Gasteiger partial charge on any atom is -0.351 e. The molecule has 1 amide bonds. The molecule has 0 saturated carbocycles. The van der Waals surface area contributed by atoms with Crippen LogP contribution >= 0.6 is 11.3 Å². The Morgan fingerprint density at radius 2 is 2.18 bits per heavy atom. The van der Waals surface area contributed by atoms with Gasteiger partial charge in [-0.25, -0.2) is 0 Å². The van der Waals surface area contributed by atoms with Crippen LogP contribution < -0.4 is 5.32 Å². The van der Waals surface area contributed by atoms with Crippen LogP contribution in [0.3, 0.4) is 0 Å². The van der Waals surface area contributed by atoms with Crippen molar-refractivity contribution in [3.05, 3.63) is 57.3 Å². The van der Waals surface area contributed by atoms with Crippen LogP contribution in [0.25, 0.3) is 0 Å².